The van der Waals surface area contributed by atoms with Crippen LogP contribution in [0.4, 0.5) is 4.39 Å². The molecule has 3 N–H and O–H groups in total. The molecule has 0 radical (unpaired) electrons. The Balaban J connectivity index is 3.10. The Kier molecular flexibility index (Phi) is 2.96. The highest BCUT2D eigenvalue weighted by molar-refractivity contribution is 5.34. The van der Waals surface area contributed by atoms with Gasteiger partial charge in [0.1, 0.15) is 5.82 Å². The number of halogens is 1. The average molecular weight is 180 g/mol. The van der Waals surface area contributed by atoms with Crippen molar-refractivity contribution in [1.82, 2.24) is 0 Å². The molecule has 0 aliphatic carbocycles. The van der Waals surface area contributed by atoms with Gasteiger partial charge in [0, 0.05) is 0 Å². The van der Waals surface area contributed by atoms with Gasteiger partial charge in [0.15, 0.2) is 0 Å². The maximum atomic E-state index is 12.8. The number of aliphatic hydroxyl groups is 1. The van der Waals surface area contributed by atoms with E-state index in [9.17, 15) is 4.39 Å². The van der Waals surface area contributed by atoms with E-state index in [1.54, 1.807) is 0 Å². The van der Waals surface area contributed by atoms with Crippen LogP contribution in [0, 0.1) is 17.1 Å². The fourth-order valence-electron chi connectivity index (χ4n) is 0.996. The largest absolute Gasteiger partial charge is 0.394 e. The highest BCUT2D eigenvalue weighted by Crippen LogP contribution is 2.14. The van der Waals surface area contributed by atoms with Crippen LogP contribution in [0.2, 0.25) is 0 Å². The lowest BCUT2D eigenvalue weighted by molar-refractivity contribution is 0.268. The van der Waals surface area contributed by atoms with Crippen LogP contribution in [0.25, 0.3) is 0 Å². The second-order valence-corrected chi connectivity index (χ2v) is 2.67. The maximum Gasteiger partial charge on any atom is 0.124 e. The van der Waals surface area contributed by atoms with Gasteiger partial charge < -0.3 is 10.8 Å². The molecule has 0 saturated carbocycles. The number of aliphatic hydroxyl groups excluding tert-OH is 1. The molecular formula is C9H9FN2O. The summed E-state index contributed by atoms with van der Waals surface area (Å²) in [6.45, 7) is -0.270. The quantitative estimate of drug-likeness (QED) is 0.703. The van der Waals surface area contributed by atoms with Gasteiger partial charge in [0.25, 0.3) is 0 Å². The number of nitrogens with zero attached hydrogens (tertiary/aromatic N) is 1. The minimum Gasteiger partial charge on any atom is -0.394 e. The summed E-state index contributed by atoms with van der Waals surface area (Å²) in [5.74, 6) is -0.516. The molecule has 3 nitrogen and oxygen atoms in total. The van der Waals surface area contributed by atoms with Crippen LogP contribution in [0.5, 0.6) is 0 Å². The van der Waals surface area contributed by atoms with Crippen molar-refractivity contribution in [2.75, 3.05) is 6.61 Å². The number of rotatable bonds is 2. The lowest BCUT2D eigenvalue weighted by Gasteiger charge is -2.08. The minimum absolute atomic E-state index is 0.207. The van der Waals surface area contributed by atoms with Gasteiger partial charge in [-0.2, -0.15) is 5.26 Å². The molecule has 1 aromatic rings. The van der Waals surface area contributed by atoms with Crippen molar-refractivity contribution < 1.29 is 9.50 Å². The number of nitriles is 1. The molecule has 4 heteroatoms. The summed E-state index contributed by atoms with van der Waals surface area (Å²) in [5, 5.41) is 17.2. The molecule has 1 atom stereocenters. The van der Waals surface area contributed by atoms with Crippen LogP contribution in [0.1, 0.15) is 17.2 Å². The van der Waals surface area contributed by atoms with E-state index in [4.69, 9.17) is 16.1 Å². The van der Waals surface area contributed by atoms with E-state index < -0.39 is 11.9 Å². The molecule has 0 fully saturated rings. The van der Waals surface area contributed by atoms with Crippen LogP contribution in [0.15, 0.2) is 18.2 Å². The second kappa shape index (κ2) is 3.99. The van der Waals surface area contributed by atoms with Crippen molar-refractivity contribution in [1.29, 1.82) is 5.26 Å². The normalized spacial score (nSPS) is 12.2. The van der Waals surface area contributed by atoms with Crippen molar-refractivity contribution >= 4 is 0 Å². The van der Waals surface area contributed by atoms with Crippen molar-refractivity contribution in [2.24, 2.45) is 5.73 Å². The third-order valence-corrected chi connectivity index (χ3v) is 1.67. The predicted octanol–water partition coefficient (Wildman–Crippen LogP) is 0.689. The SMILES string of the molecule is N#Cc1cc(F)cc([C@H](N)CO)c1. The van der Waals surface area contributed by atoms with E-state index in [2.05, 4.69) is 0 Å². The lowest BCUT2D eigenvalue weighted by Crippen LogP contribution is -2.14. The van der Waals surface area contributed by atoms with Gasteiger partial charge in [-0.15, -0.1) is 0 Å². The fourth-order valence-corrected chi connectivity index (χ4v) is 0.996. The molecule has 0 aromatic heterocycles. The van der Waals surface area contributed by atoms with E-state index in [0.29, 0.717) is 5.56 Å². The Morgan fingerprint density at radius 1 is 1.54 bits per heavy atom. The highest BCUT2D eigenvalue weighted by atomic mass is 19.1. The topological polar surface area (TPSA) is 70.0 Å². The zero-order chi connectivity index (χ0) is 9.84. The molecule has 0 spiro atoms. The third kappa shape index (κ3) is 2.25. The molecule has 0 bridgehead atoms. The molecule has 0 aliphatic rings. The first-order valence-electron chi connectivity index (χ1n) is 3.74. The Morgan fingerprint density at radius 3 is 2.77 bits per heavy atom. The van der Waals surface area contributed by atoms with Crippen molar-refractivity contribution in [3.05, 3.63) is 35.1 Å². The first-order chi connectivity index (χ1) is 6.17. The zero-order valence-corrected chi connectivity index (χ0v) is 6.87. The summed E-state index contributed by atoms with van der Waals surface area (Å²) in [4.78, 5) is 0. The second-order valence-electron chi connectivity index (χ2n) is 2.67. The smallest absolute Gasteiger partial charge is 0.124 e. The van der Waals surface area contributed by atoms with Crippen LogP contribution < -0.4 is 5.73 Å². The Labute approximate surface area is 75.2 Å². The van der Waals surface area contributed by atoms with Gasteiger partial charge in [0.2, 0.25) is 0 Å². The summed E-state index contributed by atoms with van der Waals surface area (Å²) in [6.07, 6.45) is 0. The molecule has 0 amide bonds. The van der Waals surface area contributed by atoms with Crippen molar-refractivity contribution in [3.63, 3.8) is 0 Å². The monoisotopic (exact) mass is 180 g/mol. The first-order valence-corrected chi connectivity index (χ1v) is 3.74. The van der Waals surface area contributed by atoms with E-state index in [0.717, 1.165) is 6.07 Å². The van der Waals surface area contributed by atoms with E-state index in [-0.39, 0.29) is 12.2 Å². The first kappa shape index (κ1) is 9.65. The molecule has 13 heavy (non-hydrogen) atoms. The summed E-state index contributed by atoms with van der Waals surface area (Å²) < 4.78 is 12.8. The van der Waals surface area contributed by atoms with E-state index in [1.165, 1.54) is 12.1 Å². The average Bonchev–Trinajstić information content (AvgIpc) is 2.15. The summed E-state index contributed by atoms with van der Waals surface area (Å²) >= 11 is 0. The molecule has 0 aliphatic heterocycles. The summed E-state index contributed by atoms with van der Waals surface area (Å²) in [6, 6.07) is 4.96. The molecule has 68 valence electrons. The number of nitrogens with two attached hydrogens (primary N) is 1. The van der Waals surface area contributed by atoms with Gasteiger partial charge in [-0.1, -0.05) is 0 Å². The molecule has 0 unspecified atom stereocenters. The van der Waals surface area contributed by atoms with Gasteiger partial charge in [0.05, 0.1) is 24.3 Å². The maximum absolute atomic E-state index is 12.8. The van der Waals surface area contributed by atoms with Gasteiger partial charge in [-0.3, -0.25) is 0 Å². The molecular weight excluding hydrogens is 171 g/mol. The van der Waals surface area contributed by atoms with Gasteiger partial charge in [-0.05, 0) is 23.8 Å². The van der Waals surface area contributed by atoms with Crippen molar-refractivity contribution in [3.8, 4) is 6.07 Å². The lowest BCUT2D eigenvalue weighted by atomic mass is 10.1. The number of benzene rings is 1. The summed E-state index contributed by atoms with van der Waals surface area (Å²) in [5.41, 5.74) is 6.10. The van der Waals surface area contributed by atoms with Gasteiger partial charge >= 0.3 is 0 Å². The highest BCUT2D eigenvalue weighted by Gasteiger charge is 2.07. The van der Waals surface area contributed by atoms with Crippen LogP contribution in [0.3, 0.4) is 0 Å². The molecule has 0 heterocycles. The molecule has 1 aromatic carbocycles. The molecule has 0 saturated heterocycles. The fraction of sp³-hybridized carbons (Fsp3) is 0.222. The minimum atomic E-state index is -0.636. The van der Waals surface area contributed by atoms with E-state index >= 15 is 0 Å². The Bertz CT molecular complexity index is 346. The molecule has 1 rings (SSSR count). The standard InChI is InChI=1S/C9H9FN2O/c10-8-2-6(4-11)1-7(3-8)9(12)5-13/h1-3,9,13H,5,12H2/t9-/m1/s1. The van der Waals surface area contributed by atoms with Crippen LogP contribution in [-0.4, -0.2) is 11.7 Å². The van der Waals surface area contributed by atoms with E-state index in [1.807, 2.05) is 6.07 Å². The Hall–Kier alpha value is -1.44. The zero-order valence-electron chi connectivity index (χ0n) is 6.87. The number of hydrogen-bond donors (Lipinski definition) is 2. The third-order valence-electron chi connectivity index (χ3n) is 1.67. The number of hydrogen-bond acceptors (Lipinski definition) is 3. The van der Waals surface area contributed by atoms with Gasteiger partial charge in [-0.25, -0.2) is 4.39 Å². The van der Waals surface area contributed by atoms with Crippen LogP contribution in [-0.2, 0) is 0 Å². The van der Waals surface area contributed by atoms with Crippen molar-refractivity contribution in [2.45, 2.75) is 6.04 Å². The predicted molar refractivity (Wildman–Crippen MR) is 45.1 cm³/mol. The van der Waals surface area contributed by atoms with Crippen LogP contribution >= 0.6 is 0 Å². The Morgan fingerprint density at radius 2 is 2.23 bits per heavy atom. The summed E-state index contributed by atoms with van der Waals surface area (Å²) in [7, 11) is 0.